The lowest BCUT2D eigenvalue weighted by atomic mass is 10.2. The van der Waals surface area contributed by atoms with E-state index in [1.165, 1.54) is 6.20 Å². The van der Waals surface area contributed by atoms with Crippen molar-refractivity contribution in [2.75, 3.05) is 6.79 Å². The zero-order valence-corrected chi connectivity index (χ0v) is 12.5. The van der Waals surface area contributed by atoms with Gasteiger partial charge in [-0.05, 0) is 42.8 Å². The Bertz CT molecular complexity index is 770. The van der Waals surface area contributed by atoms with Gasteiger partial charge in [0.05, 0.1) is 11.3 Å². The predicted octanol–water partition coefficient (Wildman–Crippen LogP) is 2.63. The Morgan fingerprint density at radius 2 is 2.17 bits per heavy atom. The number of amides is 1. The molecule has 1 aromatic carbocycles. The first-order valence-electron chi connectivity index (χ1n) is 7.05. The lowest BCUT2D eigenvalue weighted by Gasteiger charge is -2.00. The summed E-state index contributed by atoms with van der Waals surface area (Å²) in [6.07, 6.45) is 6.79. The van der Waals surface area contributed by atoms with Gasteiger partial charge in [0.2, 0.25) is 6.79 Å². The molecule has 2 heterocycles. The van der Waals surface area contributed by atoms with E-state index < -0.39 is 0 Å². The van der Waals surface area contributed by atoms with E-state index in [1.807, 2.05) is 24.3 Å². The molecule has 0 fully saturated rings. The molecule has 1 N–H and O–H groups in total. The number of allylic oxidation sites excluding steroid dienone is 1. The SMILES string of the molecule is CC(/C=C/c1ccc2c(c1)OCO2)=NNC(=O)c1cccnc1. The van der Waals surface area contributed by atoms with E-state index in [2.05, 4.69) is 15.5 Å². The number of hydrogen-bond donors (Lipinski definition) is 1. The van der Waals surface area contributed by atoms with Crippen molar-refractivity contribution < 1.29 is 14.3 Å². The molecule has 6 heteroatoms. The van der Waals surface area contributed by atoms with Crippen LogP contribution in [0.25, 0.3) is 6.08 Å². The fourth-order valence-electron chi connectivity index (χ4n) is 1.97. The number of hydrogen-bond acceptors (Lipinski definition) is 5. The lowest BCUT2D eigenvalue weighted by molar-refractivity contribution is 0.0954. The van der Waals surface area contributed by atoms with Crippen LogP contribution < -0.4 is 14.9 Å². The number of nitrogens with one attached hydrogen (secondary N) is 1. The molecule has 0 spiro atoms. The molecule has 0 aliphatic carbocycles. The Hall–Kier alpha value is -3.15. The highest BCUT2D eigenvalue weighted by Crippen LogP contribution is 2.32. The molecule has 2 aromatic rings. The first kappa shape index (κ1) is 14.8. The lowest BCUT2D eigenvalue weighted by Crippen LogP contribution is -2.18. The summed E-state index contributed by atoms with van der Waals surface area (Å²) < 4.78 is 10.6. The van der Waals surface area contributed by atoms with Gasteiger partial charge in [0.1, 0.15) is 0 Å². The standard InChI is InChI=1S/C17H15N3O3/c1-12(19-20-17(21)14-3-2-8-18-10-14)4-5-13-6-7-15-16(9-13)23-11-22-15/h2-10H,11H2,1H3,(H,20,21)/b5-4+,19-12?. The second-order valence-electron chi connectivity index (χ2n) is 4.88. The van der Waals surface area contributed by atoms with E-state index in [4.69, 9.17) is 9.47 Å². The Balaban J connectivity index is 1.62. The van der Waals surface area contributed by atoms with Crippen LogP contribution in [0.2, 0.25) is 0 Å². The van der Waals surface area contributed by atoms with Gasteiger partial charge in [0, 0.05) is 12.4 Å². The average Bonchev–Trinajstić information content (AvgIpc) is 3.06. The Morgan fingerprint density at radius 1 is 1.30 bits per heavy atom. The molecular formula is C17H15N3O3. The predicted molar refractivity (Wildman–Crippen MR) is 86.4 cm³/mol. The summed E-state index contributed by atoms with van der Waals surface area (Å²) in [5.74, 6) is 1.18. The molecule has 1 aliphatic heterocycles. The summed E-state index contributed by atoms with van der Waals surface area (Å²) in [6, 6.07) is 9.05. The third kappa shape index (κ3) is 3.74. The third-order valence-electron chi connectivity index (χ3n) is 3.17. The van der Waals surface area contributed by atoms with Crippen molar-refractivity contribution in [3.63, 3.8) is 0 Å². The normalized spacial score (nSPS) is 13.3. The van der Waals surface area contributed by atoms with Crippen LogP contribution >= 0.6 is 0 Å². The first-order chi connectivity index (χ1) is 11.2. The minimum absolute atomic E-state index is 0.253. The first-order valence-corrected chi connectivity index (χ1v) is 7.05. The Kier molecular flexibility index (Phi) is 4.33. The van der Waals surface area contributed by atoms with E-state index in [-0.39, 0.29) is 12.7 Å². The molecule has 23 heavy (non-hydrogen) atoms. The van der Waals surface area contributed by atoms with Gasteiger partial charge in [-0.15, -0.1) is 0 Å². The van der Waals surface area contributed by atoms with Gasteiger partial charge in [-0.1, -0.05) is 12.1 Å². The maximum Gasteiger partial charge on any atom is 0.272 e. The molecule has 0 bridgehead atoms. The van der Waals surface area contributed by atoms with Crippen LogP contribution in [0, 0.1) is 0 Å². The number of pyridine rings is 1. The highest BCUT2D eigenvalue weighted by Gasteiger charge is 2.12. The molecule has 116 valence electrons. The van der Waals surface area contributed by atoms with Gasteiger partial charge < -0.3 is 9.47 Å². The Morgan fingerprint density at radius 3 is 3.00 bits per heavy atom. The fourth-order valence-corrected chi connectivity index (χ4v) is 1.97. The average molecular weight is 309 g/mol. The summed E-state index contributed by atoms with van der Waals surface area (Å²) >= 11 is 0. The Labute approximate surface area is 133 Å². The minimum atomic E-state index is -0.297. The van der Waals surface area contributed by atoms with Gasteiger partial charge in [0.25, 0.3) is 5.91 Å². The number of benzene rings is 1. The van der Waals surface area contributed by atoms with Crippen LogP contribution in [0.1, 0.15) is 22.8 Å². The molecule has 1 amide bonds. The zero-order valence-electron chi connectivity index (χ0n) is 12.5. The van der Waals surface area contributed by atoms with Gasteiger partial charge in [-0.3, -0.25) is 9.78 Å². The quantitative estimate of drug-likeness (QED) is 0.696. The summed E-state index contributed by atoms with van der Waals surface area (Å²) in [6.45, 7) is 2.05. The van der Waals surface area contributed by atoms with Crippen LogP contribution in [-0.4, -0.2) is 23.4 Å². The molecule has 3 rings (SSSR count). The number of hydrazone groups is 1. The smallest absolute Gasteiger partial charge is 0.272 e. The van der Waals surface area contributed by atoms with Crippen LogP contribution in [0.3, 0.4) is 0 Å². The molecule has 1 aromatic heterocycles. The number of carbonyl (C=O) groups is 1. The summed E-state index contributed by atoms with van der Waals surface area (Å²) in [5, 5.41) is 4.03. The molecule has 0 saturated carbocycles. The topological polar surface area (TPSA) is 72.8 Å². The highest BCUT2D eigenvalue weighted by molar-refractivity contribution is 5.99. The maximum absolute atomic E-state index is 11.8. The number of rotatable bonds is 4. The zero-order chi connectivity index (χ0) is 16.1. The maximum atomic E-state index is 11.8. The molecule has 0 saturated heterocycles. The van der Waals surface area contributed by atoms with Gasteiger partial charge >= 0.3 is 0 Å². The van der Waals surface area contributed by atoms with Crippen LogP contribution in [0.4, 0.5) is 0 Å². The minimum Gasteiger partial charge on any atom is -0.454 e. The number of aromatic nitrogens is 1. The van der Waals surface area contributed by atoms with Crippen molar-refractivity contribution in [3.05, 3.63) is 59.9 Å². The molecule has 6 nitrogen and oxygen atoms in total. The third-order valence-corrected chi connectivity index (χ3v) is 3.17. The van der Waals surface area contributed by atoms with Gasteiger partial charge in [0.15, 0.2) is 11.5 Å². The van der Waals surface area contributed by atoms with E-state index in [0.717, 1.165) is 17.1 Å². The largest absolute Gasteiger partial charge is 0.454 e. The van der Waals surface area contributed by atoms with Crippen molar-refractivity contribution >= 4 is 17.7 Å². The van der Waals surface area contributed by atoms with E-state index in [9.17, 15) is 4.79 Å². The number of fused-ring (bicyclic) bond motifs is 1. The molecule has 0 radical (unpaired) electrons. The van der Waals surface area contributed by atoms with Crippen LogP contribution in [0.5, 0.6) is 11.5 Å². The highest BCUT2D eigenvalue weighted by atomic mass is 16.7. The second kappa shape index (κ2) is 6.74. The van der Waals surface area contributed by atoms with E-state index in [1.54, 1.807) is 31.3 Å². The van der Waals surface area contributed by atoms with Crippen molar-refractivity contribution in [2.45, 2.75) is 6.92 Å². The van der Waals surface area contributed by atoms with Gasteiger partial charge in [-0.2, -0.15) is 5.10 Å². The van der Waals surface area contributed by atoms with Crippen molar-refractivity contribution in [1.29, 1.82) is 0 Å². The van der Waals surface area contributed by atoms with E-state index >= 15 is 0 Å². The summed E-state index contributed by atoms with van der Waals surface area (Å²) in [7, 11) is 0. The van der Waals surface area contributed by atoms with Crippen molar-refractivity contribution in [1.82, 2.24) is 10.4 Å². The number of ether oxygens (including phenoxy) is 2. The molecule has 0 atom stereocenters. The summed E-state index contributed by atoms with van der Waals surface area (Å²) in [5.41, 5.74) is 4.58. The fraction of sp³-hybridized carbons (Fsp3) is 0.118. The number of carbonyl (C=O) groups excluding carboxylic acids is 1. The summed E-state index contributed by atoms with van der Waals surface area (Å²) in [4.78, 5) is 15.7. The monoisotopic (exact) mass is 309 g/mol. The molecular weight excluding hydrogens is 294 g/mol. The van der Waals surface area contributed by atoms with Gasteiger partial charge in [-0.25, -0.2) is 5.43 Å². The molecule has 0 unspecified atom stereocenters. The van der Waals surface area contributed by atoms with Crippen molar-refractivity contribution in [2.24, 2.45) is 5.10 Å². The van der Waals surface area contributed by atoms with Crippen molar-refractivity contribution in [3.8, 4) is 11.5 Å². The second-order valence-corrected chi connectivity index (χ2v) is 4.88. The van der Waals surface area contributed by atoms with Crippen LogP contribution in [-0.2, 0) is 0 Å². The molecule has 1 aliphatic rings. The van der Waals surface area contributed by atoms with E-state index in [0.29, 0.717) is 11.3 Å². The van der Waals surface area contributed by atoms with Crippen LogP contribution in [0.15, 0.2) is 53.9 Å². The number of nitrogens with zero attached hydrogens (tertiary/aromatic N) is 2.